The van der Waals surface area contributed by atoms with E-state index >= 15 is 0 Å². The van der Waals surface area contributed by atoms with E-state index in [1.54, 1.807) is 23.9 Å². The lowest BCUT2D eigenvalue weighted by Gasteiger charge is -2.15. The molecule has 3 N–H and O–H groups in total. The van der Waals surface area contributed by atoms with Crippen LogP contribution in [0.5, 0.6) is 0 Å². The van der Waals surface area contributed by atoms with Gasteiger partial charge in [-0.05, 0) is 55.9 Å². The number of anilines is 1. The van der Waals surface area contributed by atoms with Crippen LogP contribution in [0.1, 0.15) is 53.4 Å². The zero-order chi connectivity index (χ0) is 24.8. The van der Waals surface area contributed by atoms with Crippen LogP contribution in [-0.2, 0) is 21.0 Å². The first-order valence-corrected chi connectivity index (χ1v) is 12.6. The maximum atomic E-state index is 13.2. The third-order valence-electron chi connectivity index (χ3n) is 5.72. The number of benzene rings is 1. The van der Waals surface area contributed by atoms with Crippen LogP contribution >= 0.6 is 0 Å². The van der Waals surface area contributed by atoms with Crippen LogP contribution in [0.4, 0.5) is 5.82 Å². The summed E-state index contributed by atoms with van der Waals surface area (Å²) in [6, 6.07) is 9.56. The standard InChI is InChI=1S/C24H26N6O4S/c1-2-4-17-5-3-6-18(11-17)14-30-10-9-22(29-30)23(31)21-13-26-16-27-24(21)28-20-8-7-19(12-20)15-34-35(25,32)33/h3,5-6,9-11,13,16,19-20H,7-8,12,14-15H2,1H3,(H2,25,32,33)(H,26,27,28). The molecule has 0 aliphatic heterocycles. The van der Waals surface area contributed by atoms with E-state index in [2.05, 4.69) is 32.2 Å². The van der Waals surface area contributed by atoms with Crippen molar-refractivity contribution in [2.45, 2.75) is 38.8 Å². The molecule has 2 unspecified atom stereocenters. The van der Waals surface area contributed by atoms with Gasteiger partial charge in [0, 0.05) is 24.0 Å². The van der Waals surface area contributed by atoms with Gasteiger partial charge in [-0.15, -0.1) is 5.92 Å². The molecule has 0 spiro atoms. The Bertz CT molecular complexity index is 1380. The molecular formula is C24H26N6O4S. The van der Waals surface area contributed by atoms with Crippen LogP contribution in [0.2, 0.25) is 0 Å². The summed E-state index contributed by atoms with van der Waals surface area (Å²) in [7, 11) is -3.96. The highest BCUT2D eigenvalue weighted by atomic mass is 32.2. The third kappa shape index (κ3) is 6.73. The van der Waals surface area contributed by atoms with Crippen LogP contribution in [0, 0.1) is 17.8 Å². The van der Waals surface area contributed by atoms with E-state index in [1.807, 2.05) is 24.3 Å². The second-order valence-corrected chi connectivity index (χ2v) is 9.61. The summed E-state index contributed by atoms with van der Waals surface area (Å²) in [6.07, 6.45) is 6.84. The van der Waals surface area contributed by atoms with Gasteiger partial charge in [0.15, 0.2) is 0 Å². The molecule has 0 amide bonds. The van der Waals surface area contributed by atoms with Gasteiger partial charge in [0.25, 0.3) is 0 Å². The van der Waals surface area contributed by atoms with Crippen molar-refractivity contribution in [3.05, 3.63) is 71.4 Å². The maximum Gasteiger partial charge on any atom is 0.333 e. The summed E-state index contributed by atoms with van der Waals surface area (Å²) in [4.78, 5) is 21.5. The molecule has 1 aromatic carbocycles. The molecule has 2 aromatic heterocycles. The molecule has 3 aromatic rings. The van der Waals surface area contributed by atoms with Gasteiger partial charge >= 0.3 is 10.3 Å². The highest BCUT2D eigenvalue weighted by Crippen LogP contribution is 2.29. The third-order valence-corrected chi connectivity index (χ3v) is 6.19. The largest absolute Gasteiger partial charge is 0.367 e. The number of carbonyl (C=O) groups is 1. The van der Waals surface area contributed by atoms with E-state index in [1.165, 1.54) is 12.5 Å². The van der Waals surface area contributed by atoms with Gasteiger partial charge in [0.05, 0.1) is 18.7 Å². The Kier molecular flexibility index (Phi) is 7.55. The maximum absolute atomic E-state index is 13.2. The molecule has 1 aliphatic carbocycles. The molecule has 182 valence electrons. The minimum absolute atomic E-state index is 0.0154. The molecule has 4 rings (SSSR count). The lowest BCUT2D eigenvalue weighted by molar-refractivity contribution is 0.103. The normalized spacial score (nSPS) is 17.5. The van der Waals surface area contributed by atoms with Crippen LogP contribution in [0.3, 0.4) is 0 Å². The Morgan fingerprint density at radius 1 is 1.31 bits per heavy atom. The fourth-order valence-electron chi connectivity index (χ4n) is 4.14. The lowest BCUT2D eigenvalue weighted by atomic mass is 10.1. The van der Waals surface area contributed by atoms with Gasteiger partial charge in [-0.3, -0.25) is 13.7 Å². The monoisotopic (exact) mass is 494 g/mol. The molecular weight excluding hydrogens is 468 g/mol. The number of nitrogens with one attached hydrogen (secondary N) is 1. The average Bonchev–Trinajstić information content (AvgIpc) is 3.47. The Morgan fingerprint density at radius 3 is 2.97 bits per heavy atom. The predicted molar refractivity (Wildman–Crippen MR) is 130 cm³/mol. The number of hydrogen-bond acceptors (Lipinski definition) is 8. The molecule has 1 aliphatic rings. The first kappa shape index (κ1) is 24.5. The van der Waals surface area contributed by atoms with Crippen molar-refractivity contribution in [2.24, 2.45) is 11.1 Å². The minimum Gasteiger partial charge on any atom is -0.367 e. The first-order valence-electron chi connectivity index (χ1n) is 11.1. The van der Waals surface area contributed by atoms with Crippen molar-refractivity contribution >= 4 is 21.9 Å². The van der Waals surface area contributed by atoms with Crippen molar-refractivity contribution in [1.82, 2.24) is 19.7 Å². The quantitative estimate of drug-likeness (QED) is 0.340. The fourth-order valence-corrected chi connectivity index (χ4v) is 4.52. The van der Waals surface area contributed by atoms with E-state index in [-0.39, 0.29) is 24.3 Å². The van der Waals surface area contributed by atoms with E-state index in [4.69, 9.17) is 9.32 Å². The van der Waals surface area contributed by atoms with Gasteiger partial charge in [-0.25, -0.2) is 15.1 Å². The molecule has 35 heavy (non-hydrogen) atoms. The van der Waals surface area contributed by atoms with Gasteiger partial charge in [-0.2, -0.15) is 13.5 Å². The van der Waals surface area contributed by atoms with Crippen LogP contribution < -0.4 is 10.5 Å². The molecule has 2 heterocycles. The summed E-state index contributed by atoms with van der Waals surface area (Å²) in [5, 5.41) is 12.7. The first-order chi connectivity index (χ1) is 16.8. The van der Waals surface area contributed by atoms with Gasteiger partial charge in [0.1, 0.15) is 17.8 Å². The van der Waals surface area contributed by atoms with Crippen molar-refractivity contribution in [3.8, 4) is 11.8 Å². The second-order valence-electron chi connectivity index (χ2n) is 8.39. The Hall–Kier alpha value is -3.59. The molecule has 2 atom stereocenters. The highest BCUT2D eigenvalue weighted by Gasteiger charge is 2.28. The van der Waals surface area contributed by atoms with Crippen molar-refractivity contribution in [2.75, 3.05) is 11.9 Å². The van der Waals surface area contributed by atoms with Gasteiger partial charge < -0.3 is 5.32 Å². The van der Waals surface area contributed by atoms with Gasteiger partial charge in [0.2, 0.25) is 5.78 Å². The smallest absolute Gasteiger partial charge is 0.333 e. The second kappa shape index (κ2) is 10.8. The summed E-state index contributed by atoms with van der Waals surface area (Å²) in [5.74, 6) is 6.10. The number of nitrogens with zero attached hydrogens (tertiary/aromatic N) is 4. The minimum atomic E-state index is -3.96. The molecule has 1 saturated carbocycles. The summed E-state index contributed by atoms with van der Waals surface area (Å²) >= 11 is 0. The van der Waals surface area contributed by atoms with Crippen molar-refractivity contribution in [1.29, 1.82) is 0 Å². The number of ketones is 1. The lowest BCUT2D eigenvalue weighted by Crippen LogP contribution is -2.22. The van der Waals surface area contributed by atoms with Crippen molar-refractivity contribution in [3.63, 3.8) is 0 Å². The molecule has 0 radical (unpaired) electrons. The highest BCUT2D eigenvalue weighted by molar-refractivity contribution is 7.84. The van der Waals surface area contributed by atoms with Crippen LogP contribution in [0.15, 0.2) is 49.1 Å². The summed E-state index contributed by atoms with van der Waals surface area (Å²) in [5.41, 5.74) is 2.57. The van der Waals surface area contributed by atoms with Crippen LogP contribution in [0.25, 0.3) is 0 Å². The SMILES string of the molecule is CC#Cc1cccc(Cn2ccc(C(=O)c3cncnc3NC3CCC(COS(N)(=O)=O)C3)n2)c1. The molecule has 0 saturated heterocycles. The number of rotatable bonds is 9. The van der Waals surface area contributed by atoms with Crippen LogP contribution in [-0.4, -0.2) is 46.6 Å². The number of carbonyl (C=O) groups excluding carboxylic acids is 1. The van der Waals surface area contributed by atoms with E-state index in [0.29, 0.717) is 30.0 Å². The Labute approximate surface area is 204 Å². The zero-order valence-corrected chi connectivity index (χ0v) is 20.0. The number of hydrogen-bond donors (Lipinski definition) is 2. The molecule has 10 nitrogen and oxygen atoms in total. The summed E-state index contributed by atoms with van der Waals surface area (Å²) < 4.78 is 28.5. The fraction of sp³-hybridized carbons (Fsp3) is 0.333. The topological polar surface area (TPSA) is 142 Å². The van der Waals surface area contributed by atoms with E-state index in [9.17, 15) is 13.2 Å². The Balaban J connectivity index is 1.42. The zero-order valence-electron chi connectivity index (χ0n) is 19.2. The molecule has 1 fully saturated rings. The predicted octanol–water partition coefficient (Wildman–Crippen LogP) is 2.12. The average molecular weight is 495 g/mol. The number of nitrogens with two attached hydrogens (primary N) is 1. The molecule has 11 heteroatoms. The van der Waals surface area contributed by atoms with E-state index < -0.39 is 10.3 Å². The Morgan fingerprint density at radius 2 is 2.17 bits per heavy atom. The summed E-state index contributed by atoms with van der Waals surface area (Å²) in [6.45, 7) is 2.34. The van der Waals surface area contributed by atoms with Gasteiger partial charge in [-0.1, -0.05) is 18.1 Å². The number of aromatic nitrogens is 4. The van der Waals surface area contributed by atoms with E-state index in [0.717, 1.165) is 24.0 Å². The molecule has 0 bridgehead atoms. The van der Waals surface area contributed by atoms with Crippen molar-refractivity contribution < 1.29 is 17.4 Å².